The summed E-state index contributed by atoms with van der Waals surface area (Å²) in [6, 6.07) is 8.62. The molecule has 0 spiro atoms. The number of aryl methyl sites for hydroxylation is 1. The van der Waals surface area contributed by atoms with E-state index in [4.69, 9.17) is 4.52 Å². The average Bonchev–Trinajstić information content (AvgIpc) is 3.06. The van der Waals surface area contributed by atoms with Crippen LogP contribution in [0.4, 0.5) is 14.5 Å². The van der Waals surface area contributed by atoms with Gasteiger partial charge in [0.25, 0.3) is 0 Å². The largest absolute Gasteiger partial charge is 0.339 e. The van der Waals surface area contributed by atoms with Crippen molar-refractivity contribution in [2.24, 2.45) is 0 Å². The van der Waals surface area contributed by atoms with Crippen molar-refractivity contribution in [1.29, 1.82) is 0 Å². The molecule has 0 saturated heterocycles. The fraction of sp³-hybridized carbons (Fsp3) is 0.125. The lowest BCUT2D eigenvalue weighted by Crippen LogP contribution is -2.14. The summed E-state index contributed by atoms with van der Waals surface area (Å²) < 4.78 is 32.0. The summed E-state index contributed by atoms with van der Waals surface area (Å²) in [7, 11) is 0. The zero-order chi connectivity index (χ0) is 16.9. The van der Waals surface area contributed by atoms with Crippen molar-refractivity contribution in [2.45, 2.75) is 12.8 Å². The summed E-state index contributed by atoms with van der Waals surface area (Å²) in [6.45, 7) is 0. The van der Waals surface area contributed by atoms with Crippen LogP contribution < -0.4 is 5.32 Å². The molecule has 1 amide bonds. The molecule has 2 aromatic heterocycles. The van der Waals surface area contributed by atoms with Crippen molar-refractivity contribution in [3.8, 4) is 11.5 Å². The quantitative estimate of drug-likeness (QED) is 0.778. The molecule has 0 atom stereocenters. The zero-order valence-electron chi connectivity index (χ0n) is 12.4. The fourth-order valence-corrected chi connectivity index (χ4v) is 2.00. The molecule has 0 aliphatic rings. The summed E-state index contributed by atoms with van der Waals surface area (Å²) in [5.74, 6) is -1.68. The van der Waals surface area contributed by atoms with Gasteiger partial charge in [0, 0.05) is 19.0 Å². The molecule has 24 heavy (non-hydrogen) atoms. The van der Waals surface area contributed by atoms with E-state index in [9.17, 15) is 13.6 Å². The molecule has 0 aliphatic heterocycles. The van der Waals surface area contributed by atoms with Crippen molar-refractivity contribution in [3.63, 3.8) is 0 Å². The minimum atomic E-state index is -0.835. The van der Waals surface area contributed by atoms with Crippen LogP contribution in [0.15, 0.2) is 47.1 Å². The molecule has 3 rings (SSSR count). The van der Waals surface area contributed by atoms with Gasteiger partial charge in [0.05, 0.1) is 0 Å². The van der Waals surface area contributed by atoms with Gasteiger partial charge in [-0.3, -0.25) is 9.78 Å². The third kappa shape index (κ3) is 3.60. The fourth-order valence-electron chi connectivity index (χ4n) is 2.00. The lowest BCUT2D eigenvalue weighted by Gasteiger charge is -2.06. The summed E-state index contributed by atoms with van der Waals surface area (Å²) >= 11 is 0. The Morgan fingerprint density at radius 2 is 1.92 bits per heavy atom. The van der Waals surface area contributed by atoms with E-state index in [2.05, 4.69) is 20.4 Å². The van der Waals surface area contributed by atoms with Crippen LogP contribution in [0.5, 0.6) is 0 Å². The van der Waals surface area contributed by atoms with E-state index in [-0.39, 0.29) is 18.7 Å². The van der Waals surface area contributed by atoms with Gasteiger partial charge in [0.15, 0.2) is 0 Å². The monoisotopic (exact) mass is 330 g/mol. The molecule has 3 aromatic rings. The molecule has 0 bridgehead atoms. The van der Waals surface area contributed by atoms with Gasteiger partial charge < -0.3 is 9.84 Å². The first-order valence-electron chi connectivity index (χ1n) is 7.11. The Balaban J connectivity index is 1.60. The maximum absolute atomic E-state index is 13.5. The van der Waals surface area contributed by atoms with Crippen LogP contribution in [0.1, 0.15) is 12.3 Å². The number of nitrogens with one attached hydrogen (secondary N) is 1. The standard InChI is InChI=1S/C16H12F2N4O2/c17-10-4-3-5-11(18)15(10)20-13(23)7-8-14-21-16(22-24-14)12-6-1-2-9-19-12/h1-6,9H,7-8H2,(H,20,23). The summed E-state index contributed by atoms with van der Waals surface area (Å²) in [4.78, 5) is 20.0. The number of nitrogens with zero attached hydrogens (tertiary/aromatic N) is 3. The SMILES string of the molecule is O=C(CCc1nc(-c2ccccn2)no1)Nc1c(F)cccc1F. The highest BCUT2D eigenvalue weighted by atomic mass is 19.1. The van der Waals surface area contributed by atoms with Gasteiger partial charge >= 0.3 is 0 Å². The van der Waals surface area contributed by atoms with Gasteiger partial charge in [-0.15, -0.1) is 0 Å². The highest BCUT2D eigenvalue weighted by molar-refractivity contribution is 5.91. The van der Waals surface area contributed by atoms with E-state index in [0.717, 1.165) is 12.1 Å². The maximum atomic E-state index is 13.5. The smallest absolute Gasteiger partial charge is 0.227 e. The van der Waals surface area contributed by atoms with Crippen LogP contribution in [0.3, 0.4) is 0 Å². The van der Waals surface area contributed by atoms with Gasteiger partial charge in [-0.2, -0.15) is 4.98 Å². The Bertz CT molecular complexity index is 832. The molecule has 122 valence electrons. The second kappa shape index (κ2) is 6.95. The molecule has 0 aliphatic carbocycles. The van der Waals surface area contributed by atoms with Crippen LogP contribution in [-0.2, 0) is 11.2 Å². The van der Waals surface area contributed by atoms with E-state index in [1.54, 1.807) is 24.4 Å². The van der Waals surface area contributed by atoms with Crippen LogP contribution in [0, 0.1) is 11.6 Å². The Hall–Kier alpha value is -3.16. The number of para-hydroxylation sites is 1. The molecule has 0 radical (unpaired) electrons. The third-order valence-electron chi connectivity index (χ3n) is 3.16. The molecular weight excluding hydrogens is 318 g/mol. The summed E-state index contributed by atoms with van der Waals surface area (Å²) in [5.41, 5.74) is 0.0765. The summed E-state index contributed by atoms with van der Waals surface area (Å²) in [5, 5.41) is 5.97. The lowest BCUT2D eigenvalue weighted by atomic mass is 10.2. The number of pyridine rings is 1. The first kappa shape index (κ1) is 15.7. The molecule has 0 unspecified atom stereocenters. The van der Waals surface area contributed by atoms with Crippen molar-refractivity contribution in [1.82, 2.24) is 15.1 Å². The zero-order valence-corrected chi connectivity index (χ0v) is 12.4. The van der Waals surface area contributed by atoms with Crippen LogP contribution in [-0.4, -0.2) is 21.0 Å². The van der Waals surface area contributed by atoms with Crippen molar-refractivity contribution in [2.75, 3.05) is 5.32 Å². The third-order valence-corrected chi connectivity index (χ3v) is 3.16. The van der Waals surface area contributed by atoms with Crippen molar-refractivity contribution >= 4 is 11.6 Å². The Morgan fingerprint density at radius 1 is 1.12 bits per heavy atom. The Labute approximate surface area is 135 Å². The number of carbonyl (C=O) groups excluding carboxylic acids is 1. The topological polar surface area (TPSA) is 80.9 Å². The van der Waals surface area contributed by atoms with E-state index in [1.165, 1.54) is 6.07 Å². The normalized spacial score (nSPS) is 10.6. The molecule has 2 heterocycles. The van der Waals surface area contributed by atoms with Crippen molar-refractivity contribution in [3.05, 3.63) is 60.1 Å². The second-order valence-corrected chi connectivity index (χ2v) is 4.87. The van der Waals surface area contributed by atoms with E-state index >= 15 is 0 Å². The van der Waals surface area contributed by atoms with Crippen LogP contribution in [0.2, 0.25) is 0 Å². The molecule has 1 N–H and O–H groups in total. The number of carbonyl (C=O) groups is 1. The highest BCUT2D eigenvalue weighted by Gasteiger charge is 2.14. The Morgan fingerprint density at radius 3 is 2.62 bits per heavy atom. The predicted octanol–water partition coefficient (Wildman–Crippen LogP) is 2.98. The molecular formula is C16H12F2N4O2. The van der Waals surface area contributed by atoms with Gasteiger partial charge in [-0.25, -0.2) is 8.78 Å². The minimum absolute atomic E-state index is 0.0579. The van der Waals surface area contributed by atoms with Gasteiger partial charge in [0.1, 0.15) is 23.0 Å². The van der Waals surface area contributed by atoms with E-state index < -0.39 is 23.2 Å². The van der Waals surface area contributed by atoms with Gasteiger partial charge in [-0.1, -0.05) is 17.3 Å². The lowest BCUT2D eigenvalue weighted by molar-refractivity contribution is -0.116. The van der Waals surface area contributed by atoms with Crippen LogP contribution in [0.25, 0.3) is 11.5 Å². The number of aromatic nitrogens is 3. The number of anilines is 1. The first-order valence-corrected chi connectivity index (χ1v) is 7.11. The maximum Gasteiger partial charge on any atom is 0.227 e. The van der Waals surface area contributed by atoms with E-state index in [0.29, 0.717) is 11.5 Å². The minimum Gasteiger partial charge on any atom is -0.339 e. The van der Waals surface area contributed by atoms with E-state index in [1.807, 2.05) is 0 Å². The number of rotatable bonds is 5. The molecule has 6 nitrogen and oxygen atoms in total. The Kier molecular flexibility index (Phi) is 4.55. The highest BCUT2D eigenvalue weighted by Crippen LogP contribution is 2.18. The predicted molar refractivity (Wildman–Crippen MR) is 80.8 cm³/mol. The first-order chi connectivity index (χ1) is 11.6. The van der Waals surface area contributed by atoms with Gasteiger partial charge in [-0.05, 0) is 24.3 Å². The number of amides is 1. The molecule has 1 aromatic carbocycles. The van der Waals surface area contributed by atoms with Crippen molar-refractivity contribution < 1.29 is 18.1 Å². The van der Waals surface area contributed by atoms with Crippen LogP contribution >= 0.6 is 0 Å². The molecule has 8 heteroatoms. The summed E-state index contributed by atoms with van der Waals surface area (Å²) in [6.07, 6.45) is 1.68. The molecule has 0 saturated carbocycles. The van der Waals surface area contributed by atoms with Gasteiger partial charge in [0.2, 0.25) is 17.6 Å². The number of hydrogen-bond acceptors (Lipinski definition) is 5. The molecule has 0 fully saturated rings. The second-order valence-electron chi connectivity index (χ2n) is 4.87. The number of benzene rings is 1. The number of halogens is 2. The average molecular weight is 330 g/mol. The number of hydrogen-bond donors (Lipinski definition) is 1.